The molecule has 5 heteroatoms. The number of rotatable bonds is 7. The topological polar surface area (TPSA) is 43.0 Å². The fourth-order valence-corrected chi connectivity index (χ4v) is 2.66. The van der Waals surface area contributed by atoms with Crippen molar-refractivity contribution in [1.82, 2.24) is 15.1 Å². The Labute approximate surface area is 125 Å². The Bertz CT molecular complexity index is 547. The van der Waals surface area contributed by atoms with Gasteiger partial charge >= 0.3 is 0 Å². The first kappa shape index (κ1) is 15.1. The van der Waals surface area contributed by atoms with Crippen LogP contribution >= 0.6 is 11.6 Å². The maximum Gasteiger partial charge on any atom is 0.197 e. The van der Waals surface area contributed by atoms with E-state index in [2.05, 4.69) is 30.3 Å². The number of nitrogens with zero attached hydrogens (tertiary/aromatic N) is 2. The van der Waals surface area contributed by atoms with Gasteiger partial charge in [-0.15, -0.1) is 0 Å². The average molecular weight is 296 g/mol. The van der Waals surface area contributed by atoms with E-state index >= 15 is 0 Å². The molecule has 2 aromatic heterocycles. The molecule has 2 aromatic rings. The van der Waals surface area contributed by atoms with Gasteiger partial charge in [0.2, 0.25) is 0 Å². The number of hydrogen-bond donors (Lipinski definition) is 1. The van der Waals surface area contributed by atoms with Crippen molar-refractivity contribution in [2.45, 2.75) is 46.2 Å². The van der Waals surface area contributed by atoms with E-state index in [1.165, 1.54) is 5.69 Å². The molecule has 0 amide bonds. The molecule has 1 N–H and O–H groups in total. The minimum atomic E-state index is 0.155. The molecule has 0 radical (unpaired) electrons. The molecule has 110 valence electrons. The molecule has 0 saturated carbocycles. The first-order valence-corrected chi connectivity index (χ1v) is 7.53. The van der Waals surface area contributed by atoms with Gasteiger partial charge in [0.15, 0.2) is 5.22 Å². The lowest BCUT2D eigenvalue weighted by Gasteiger charge is -2.18. The molecule has 0 spiro atoms. The zero-order chi connectivity index (χ0) is 14.5. The van der Waals surface area contributed by atoms with Crippen LogP contribution in [0.2, 0.25) is 5.22 Å². The summed E-state index contributed by atoms with van der Waals surface area (Å²) in [5.74, 6) is 0. The van der Waals surface area contributed by atoms with Crippen molar-refractivity contribution < 1.29 is 4.42 Å². The van der Waals surface area contributed by atoms with Crippen LogP contribution in [0.1, 0.15) is 43.3 Å². The number of halogens is 1. The van der Waals surface area contributed by atoms with Crippen LogP contribution in [0.3, 0.4) is 0 Å². The van der Waals surface area contributed by atoms with Gasteiger partial charge in [-0.1, -0.05) is 6.92 Å². The zero-order valence-electron chi connectivity index (χ0n) is 12.3. The highest BCUT2D eigenvalue weighted by molar-refractivity contribution is 6.29. The lowest BCUT2D eigenvalue weighted by molar-refractivity contribution is 0.493. The molecular formula is C15H22ClN3O. The molecule has 0 aliphatic carbocycles. The van der Waals surface area contributed by atoms with E-state index in [1.807, 2.05) is 17.7 Å². The molecule has 0 aromatic carbocycles. The Morgan fingerprint density at radius 1 is 1.45 bits per heavy atom. The van der Waals surface area contributed by atoms with Crippen LogP contribution in [0.25, 0.3) is 0 Å². The predicted octanol–water partition coefficient (Wildman–Crippen LogP) is 3.74. The van der Waals surface area contributed by atoms with Gasteiger partial charge in [-0.25, -0.2) is 0 Å². The van der Waals surface area contributed by atoms with Gasteiger partial charge in [-0.2, -0.15) is 5.10 Å². The molecule has 2 rings (SSSR count). The molecular weight excluding hydrogens is 274 g/mol. The number of aromatic nitrogens is 2. The van der Waals surface area contributed by atoms with Crippen LogP contribution in [0, 0.1) is 6.92 Å². The predicted molar refractivity (Wildman–Crippen MR) is 81.1 cm³/mol. The van der Waals surface area contributed by atoms with Crippen LogP contribution in [-0.4, -0.2) is 16.3 Å². The van der Waals surface area contributed by atoms with E-state index in [4.69, 9.17) is 16.0 Å². The van der Waals surface area contributed by atoms with Crippen molar-refractivity contribution in [3.8, 4) is 0 Å². The van der Waals surface area contributed by atoms with Crippen LogP contribution in [0.15, 0.2) is 22.8 Å². The minimum Gasteiger partial charge on any atom is -0.453 e. The second kappa shape index (κ2) is 6.95. The van der Waals surface area contributed by atoms with Crippen LogP contribution in [0.4, 0.5) is 0 Å². The van der Waals surface area contributed by atoms with Gasteiger partial charge in [-0.05, 0) is 50.5 Å². The summed E-state index contributed by atoms with van der Waals surface area (Å²) in [6, 6.07) is 4.23. The number of hydrogen-bond acceptors (Lipinski definition) is 3. The second-order valence-corrected chi connectivity index (χ2v) is 5.30. The average Bonchev–Trinajstić information content (AvgIpc) is 3.00. The SMILES string of the molecule is CCCNC(Cc1cc(C)nn1CC)c1ccoc1Cl. The third-order valence-electron chi connectivity index (χ3n) is 3.36. The highest BCUT2D eigenvalue weighted by Gasteiger charge is 2.19. The highest BCUT2D eigenvalue weighted by Crippen LogP contribution is 2.27. The Morgan fingerprint density at radius 3 is 2.85 bits per heavy atom. The van der Waals surface area contributed by atoms with Crippen molar-refractivity contribution in [2.75, 3.05) is 6.54 Å². The monoisotopic (exact) mass is 295 g/mol. The molecule has 0 bridgehead atoms. The van der Waals surface area contributed by atoms with Crippen molar-refractivity contribution >= 4 is 11.6 Å². The summed E-state index contributed by atoms with van der Waals surface area (Å²) in [5.41, 5.74) is 3.28. The van der Waals surface area contributed by atoms with E-state index in [1.54, 1.807) is 6.26 Å². The first-order valence-electron chi connectivity index (χ1n) is 7.15. The molecule has 1 atom stereocenters. The van der Waals surface area contributed by atoms with Crippen LogP contribution in [0.5, 0.6) is 0 Å². The molecule has 0 saturated heterocycles. The molecule has 2 heterocycles. The molecule has 0 aliphatic heterocycles. The summed E-state index contributed by atoms with van der Waals surface area (Å²) in [5, 5.41) is 8.51. The lowest BCUT2D eigenvalue weighted by Crippen LogP contribution is -2.25. The quantitative estimate of drug-likeness (QED) is 0.846. The van der Waals surface area contributed by atoms with E-state index in [-0.39, 0.29) is 6.04 Å². The molecule has 0 aliphatic rings. The van der Waals surface area contributed by atoms with Crippen LogP contribution in [-0.2, 0) is 13.0 Å². The maximum atomic E-state index is 6.13. The van der Waals surface area contributed by atoms with Gasteiger partial charge in [-0.3, -0.25) is 4.68 Å². The largest absolute Gasteiger partial charge is 0.453 e. The maximum absolute atomic E-state index is 6.13. The van der Waals surface area contributed by atoms with Gasteiger partial charge in [0.1, 0.15) is 0 Å². The van der Waals surface area contributed by atoms with Crippen LogP contribution < -0.4 is 5.32 Å². The Hall–Kier alpha value is -1.26. The fraction of sp³-hybridized carbons (Fsp3) is 0.533. The smallest absolute Gasteiger partial charge is 0.197 e. The summed E-state index contributed by atoms with van der Waals surface area (Å²) >= 11 is 6.13. The number of aryl methyl sites for hydroxylation is 2. The van der Waals surface area contributed by atoms with Crippen molar-refractivity contribution in [3.63, 3.8) is 0 Å². The van der Waals surface area contributed by atoms with Crippen molar-refractivity contribution in [1.29, 1.82) is 0 Å². The van der Waals surface area contributed by atoms with Crippen molar-refractivity contribution in [2.24, 2.45) is 0 Å². The van der Waals surface area contributed by atoms with Crippen molar-refractivity contribution in [3.05, 3.63) is 40.6 Å². The first-order chi connectivity index (χ1) is 9.65. The summed E-state index contributed by atoms with van der Waals surface area (Å²) in [4.78, 5) is 0. The van der Waals surface area contributed by atoms with Gasteiger partial charge in [0, 0.05) is 30.3 Å². The molecule has 1 unspecified atom stereocenters. The number of furan rings is 1. The summed E-state index contributed by atoms with van der Waals surface area (Å²) in [6.07, 6.45) is 3.58. The van der Waals surface area contributed by atoms with Gasteiger partial charge < -0.3 is 9.73 Å². The third kappa shape index (κ3) is 3.44. The molecule has 4 nitrogen and oxygen atoms in total. The second-order valence-electron chi connectivity index (χ2n) is 4.95. The Balaban J connectivity index is 2.21. The van der Waals surface area contributed by atoms with Gasteiger partial charge in [0.05, 0.1) is 12.0 Å². The third-order valence-corrected chi connectivity index (χ3v) is 3.67. The zero-order valence-corrected chi connectivity index (χ0v) is 13.1. The minimum absolute atomic E-state index is 0.155. The number of nitrogens with one attached hydrogen (secondary N) is 1. The summed E-state index contributed by atoms with van der Waals surface area (Å²) < 4.78 is 7.27. The Morgan fingerprint density at radius 2 is 2.25 bits per heavy atom. The van der Waals surface area contributed by atoms with E-state index in [9.17, 15) is 0 Å². The fourth-order valence-electron chi connectivity index (χ4n) is 2.41. The standard InChI is InChI=1S/C15H22ClN3O/c1-4-7-17-14(13-6-8-20-15(13)16)10-12-9-11(3)18-19(12)5-2/h6,8-9,14,17H,4-5,7,10H2,1-3H3. The van der Waals surface area contributed by atoms with E-state index < -0.39 is 0 Å². The molecule has 20 heavy (non-hydrogen) atoms. The highest BCUT2D eigenvalue weighted by atomic mass is 35.5. The van der Waals surface area contributed by atoms with E-state index in [0.29, 0.717) is 5.22 Å². The Kier molecular flexibility index (Phi) is 5.26. The summed E-state index contributed by atoms with van der Waals surface area (Å²) in [7, 11) is 0. The normalized spacial score (nSPS) is 12.8. The lowest BCUT2D eigenvalue weighted by atomic mass is 10.0. The summed E-state index contributed by atoms with van der Waals surface area (Å²) in [6.45, 7) is 8.11. The van der Waals surface area contributed by atoms with Gasteiger partial charge in [0.25, 0.3) is 0 Å². The van der Waals surface area contributed by atoms with E-state index in [0.717, 1.165) is 37.2 Å². The molecule has 0 fully saturated rings.